The first kappa shape index (κ1) is 21.9. The van der Waals surface area contributed by atoms with Gasteiger partial charge in [0.25, 0.3) is 5.91 Å². The number of aromatic nitrogens is 1. The Hall–Kier alpha value is -3.82. The largest absolute Gasteiger partial charge is 0.322 e. The normalized spacial score (nSPS) is 10.8. The number of anilines is 2. The molecular formula is C22H20N4O4S. The third-order valence-electron chi connectivity index (χ3n) is 4.20. The van der Waals surface area contributed by atoms with E-state index in [0.717, 1.165) is 6.08 Å². The quantitative estimate of drug-likeness (QED) is 0.470. The number of rotatable bonds is 8. The lowest BCUT2D eigenvalue weighted by molar-refractivity contribution is -0.111. The second-order valence-corrected chi connectivity index (χ2v) is 8.21. The Balaban J connectivity index is 1.63. The standard InChI is InChI=1S/C22H20N4O4S/c1-2-21(27)25-18-5-3-7-20(13-18)31(29,30)24-14-16-8-10-17(11-9-16)22(28)26-19-6-4-12-23-15-19/h2-13,15,24H,1,14H2,(H,25,27)(H,26,28). The smallest absolute Gasteiger partial charge is 0.255 e. The minimum Gasteiger partial charge on any atom is -0.322 e. The van der Waals surface area contributed by atoms with Gasteiger partial charge in [0, 0.05) is 24.0 Å². The fourth-order valence-corrected chi connectivity index (χ4v) is 3.67. The predicted octanol–water partition coefficient (Wildman–Crippen LogP) is 2.94. The van der Waals surface area contributed by atoms with Gasteiger partial charge in [0.05, 0.1) is 16.8 Å². The molecule has 3 rings (SSSR count). The van der Waals surface area contributed by atoms with Gasteiger partial charge in [-0.05, 0) is 54.1 Å². The molecule has 0 aliphatic rings. The van der Waals surface area contributed by atoms with Crippen molar-refractivity contribution in [3.05, 3.63) is 96.8 Å². The van der Waals surface area contributed by atoms with Crippen molar-refractivity contribution in [2.45, 2.75) is 11.4 Å². The molecule has 0 aliphatic carbocycles. The number of carbonyl (C=O) groups is 2. The van der Waals surface area contributed by atoms with Crippen molar-refractivity contribution in [2.75, 3.05) is 10.6 Å². The molecular weight excluding hydrogens is 416 g/mol. The number of hydrogen-bond donors (Lipinski definition) is 3. The summed E-state index contributed by atoms with van der Waals surface area (Å²) in [6.07, 6.45) is 4.25. The topological polar surface area (TPSA) is 117 Å². The lowest BCUT2D eigenvalue weighted by atomic mass is 10.1. The predicted molar refractivity (Wildman–Crippen MR) is 118 cm³/mol. The number of hydrogen-bond acceptors (Lipinski definition) is 5. The van der Waals surface area contributed by atoms with Crippen LogP contribution >= 0.6 is 0 Å². The maximum atomic E-state index is 12.6. The summed E-state index contributed by atoms with van der Waals surface area (Å²) in [4.78, 5) is 27.6. The number of pyridine rings is 1. The first-order chi connectivity index (χ1) is 14.9. The van der Waals surface area contributed by atoms with Crippen molar-refractivity contribution in [2.24, 2.45) is 0 Å². The molecule has 3 N–H and O–H groups in total. The molecule has 0 fully saturated rings. The number of benzene rings is 2. The second-order valence-electron chi connectivity index (χ2n) is 6.44. The fourth-order valence-electron chi connectivity index (χ4n) is 2.61. The van der Waals surface area contributed by atoms with Crippen LogP contribution in [-0.2, 0) is 21.4 Å². The van der Waals surface area contributed by atoms with Crippen LogP contribution in [0.4, 0.5) is 11.4 Å². The molecule has 0 spiro atoms. The molecule has 0 radical (unpaired) electrons. The van der Waals surface area contributed by atoms with Crippen LogP contribution in [0.5, 0.6) is 0 Å². The molecule has 1 heterocycles. The zero-order valence-corrected chi connectivity index (χ0v) is 17.2. The van der Waals surface area contributed by atoms with Gasteiger partial charge >= 0.3 is 0 Å². The molecule has 31 heavy (non-hydrogen) atoms. The van der Waals surface area contributed by atoms with Crippen LogP contribution in [0.1, 0.15) is 15.9 Å². The number of carbonyl (C=O) groups excluding carboxylic acids is 2. The van der Waals surface area contributed by atoms with Crippen LogP contribution in [0, 0.1) is 0 Å². The first-order valence-electron chi connectivity index (χ1n) is 9.21. The van der Waals surface area contributed by atoms with Crippen LogP contribution < -0.4 is 15.4 Å². The minimum absolute atomic E-state index is 0.0156. The van der Waals surface area contributed by atoms with Crippen LogP contribution in [0.2, 0.25) is 0 Å². The van der Waals surface area contributed by atoms with Crippen molar-refractivity contribution in [3.63, 3.8) is 0 Å². The van der Waals surface area contributed by atoms with Crippen molar-refractivity contribution in [1.29, 1.82) is 0 Å². The highest BCUT2D eigenvalue weighted by molar-refractivity contribution is 7.89. The number of sulfonamides is 1. The highest BCUT2D eigenvalue weighted by atomic mass is 32.2. The minimum atomic E-state index is -3.80. The summed E-state index contributed by atoms with van der Waals surface area (Å²) < 4.78 is 27.7. The van der Waals surface area contributed by atoms with Crippen LogP contribution in [0.25, 0.3) is 0 Å². The molecule has 8 nitrogen and oxygen atoms in total. The monoisotopic (exact) mass is 436 g/mol. The van der Waals surface area contributed by atoms with E-state index in [2.05, 4.69) is 26.9 Å². The fraction of sp³-hybridized carbons (Fsp3) is 0.0455. The van der Waals surface area contributed by atoms with E-state index in [9.17, 15) is 18.0 Å². The van der Waals surface area contributed by atoms with Gasteiger partial charge in [-0.1, -0.05) is 24.8 Å². The van der Waals surface area contributed by atoms with E-state index in [-0.39, 0.29) is 17.3 Å². The number of nitrogens with zero attached hydrogens (tertiary/aromatic N) is 1. The van der Waals surface area contributed by atoms with Gasteiger partial charge < -0.3 is 10.6 Å². The Labute approximate surface area is 180 Å². The molecule has 3 aromatic rings. The highest BCUT2D eigenvalue weighted by Gasteiger charge is 2.15. The SMILES string of the molecule is C=CC(=O)Nc1cccc(S(=O)(=O)NCc2ccc(C(=O)Nc3cccnc3)cc2)c1. The molecule has 2 aromatic carbocycles. The molecule has 0 saturated heterocycles. The Bertz CT molecular complexity index is 1190. The van der Waals surface area contributed by atoms with E-state index >= 15 is 0 Å². The zero-order chi connectivity index (χ0) is 22.3. The van der Waals surface area contributed by atoms with Crippen LogP contribution in [-0.4, -0.2) is 25.2 Å². The summed E-state index contributed by atoms with van der Waals surface area (Å²) in [5.74, 6) is -0.728. The summed E-state index contributed by atoms with van der Waals surface area (Å²) in [6, 6.07) is 15.9. The van der Waals surface area contributed by atoms with Crippen LogP contribution in [0.3, 0.4) is 0 Å². The maximum absolute atomic E-state index is 12.6. The Kier molecular flexibility index (Phi) is 6.91. The Morgan fingerprint density at radius 2 is 1.71 bits per heavy atom. The van der Waals surface area contributed by atoms with Crippen molar-refractivity contribution < 1.29 is 18.0 Å². The van der Waals surface area contributed by atoms with Gasteiger partial charge in [0.1, 0.15) is 0 Å². The molecule has 0 saturated carbocycles. The maximum Gasteiger partial charge on any atom is 0.255 e. The summed E-state index contributed by atoms with van der Waals surface area (Å²) >= 11 is 0. The van der Waals surface area contributed by atoms with Gasteiger partial charge in [-0.15, -0.1) is 0 Å². The van der Waals surface area contributed by atoms with Crippen molar-refractivity contribution in [3.8, 4) is 0 Å². The van der Waals surface area contributed by atoms with E-state index in [1.165, 1.54) is 18.2 Å². The molecule has 9 heteroatoms. The molecule has 2 amide bonds. The van der Waals surface area contributed by atoms with E-state index in [0.29, 0.717) is 22.5 Å². The van der Waals surface area contributed by atoms with Gasteiger partial charge in [-0.2, -0.15) is 0 Å². The van der Waals surface area contributed by atoms with E-state index in [4.69, 9.17) is 0 Å². The zero-order valence-electron chi connectivity index (χ0n) is 16.4. The van der Waals surface area contributed by atoms with Crippen molar-refractivity contribution >= 4 is 33.2 Å². The molecule has 0 atom stereocenters. The van der Waals surface area contributed by atoms with Gasteiger partial charge in [-0.25, -0.2) is 13.1 Å². The van der Waals surface area contributed by atoms with Crippen molar-refractivity contribution in [1.82, 2.24) is 9.71 Å². The summed E-state index contributed by atoms with van der Waals surface area (Å²) in [5.41, 5.74) is 2.03. The lowest BCUT2D eigenvalue weighted by Crippen LogP contribution is -2.23. The Morgan fingerprint density at radius 3 is 2.39 bits per heavy atom. The van der Waals surface area contributed by atoms with Gasteiger partial charge in [0.2, 0.25) is 15.9 Å². The Morgan fingerprint density at radius 1 is 0.968 bits per heavy atom. The second kappa shape index (κ2) is 9.79. The molecule has 0 unspecified atom stereocenters. The summed E-state index contributed by atoms with van der Waals surface area (Å²) in [5, 5.41) is 5.25. The van der Waals surface area contributed by atoms with E-state index in [1.807, 2.05) is 0 Å². The molecule has 0 aliphatic heterocycles. The summed E-state index contributed by atoms with van der Waals surface area (Å²) in [7, 11) is -3.80. The van der Waals surface area contributed by atoms with E-state index < -0.39 is 15.9 Å². The van der Waals surface area contributed by atoms with Crippen LogP contribution in [0.15, 0.2) is 90.6 Å². The summed E-state index contributed by atoms with van der Waals surface area (Å²) in [6.45, 7) is 3.40. The molecule has 0 bridgehead atoms. The van der Waals surface area contributed by atoms with E-state index in [1.54, 1.807) is 54.9 Å². The lowest BCUT2D eigenvalue weighted by Gasteiger charge is -2.10. The third-order valence-corrected chi connectivity index (χ3v) is 5.60. The van der Waals surface area contributed by atoms with Gasteiger partial charge in [0.15, 0.2) is 0 Å². The molecule has 1 aromatic heterocycles. The molecule has 158 valence electrons. The average molecular weight is 436 g/mol. The number of amides is 2. The number of nitrogens with one attached hydrogen (secondary N) is 3. The van der Waals surface area contributed by atoms with Gasteiger partial charge in [-0.3, -0.25) is 14.6 Å². The highest BCUT2D eigenvalue weighted by Crippen LogP contribution is 2.16. The third kappa shape index (κ3) is 6.08. The first-order valence-corrected chi connectivity index (χ1v) is 10.7. The average Bonchev–Trinajstić information content (AvgIpc) is 2.79.